The highest BCUT2D eigenvalue weighted by Crippen LogP contribution is 2.15. The van der Waals surface area contributed by atoms with Crippen molar-refractivity contribution in [3.63, 3.8) is 0 Å². The molecule has 0 heterocycles. The summed E-state index contributed by atoms with van der Waals surface area (Å²) in [5, 5.41) is 5.91. The minimum absolute atomic E-state index is 0.0131. The monoisotopic (exact) mass is 280 g/mol. The van der Waals surface area contributed by atoms with Gasteiger partial charge in [-0.3, -0.25) is 4.79 Å². The van der Waals surface area contributed by atoms with Crippen LogP contribution in [-0.2, 0) is 9.53 Å². The standard InChI is InChI=1S/C15H24N2O3/c1-4-9-20-14-7-5-13(6-8-14)16-10-15(18)17-12(2)11-19-3/h5-8,12,16H,4,9-11H2,1-3H3,(H,17,18). The van der Waals surface area contributed by atoms with E-state index < -0.39 is 0 Å². The molecule has 0 spiro atoms. The lowest BCUT2D eigenvalue weighted by atomic mass is 10.3. The fourth-order valence-electron chi connectivity index (χ4n) is 1.69. The molecule has 1 aromatic rings. The third kappa shape index (κ3) is 6.43. The van der Waals surface area contributed by atoms with Crippen molar-refractivity contribution in [2.75, 3.05) is 32.2 Å². The van der Waals surface area contributed by atoms with E-state index in [4.69, 9.17) is 9.47 Å². The van der Waals surface area contributed by atoms with Gasteiger partial charge in [-0.1, -0.05) is 6.92 Å². The Bertz CT molecular complexity index is 393. The van der Waals surface area contributed by atoms with Crippen molar-refractivity contribution < 1.29 is 14.3 Å². The molecule has 0 radical (unpaired) electrons. The molecule has 1 rings (SSSR count). The molecule has 20 heavy (non-hydrogen) atoms. The van der Waals surface area contributed by atoms with Crippen LogP contribution in [0.15, 0.2) is 24.3 Å². The second-order valence-corrected chi connectivity index (χ2v) is 4.65. The Balaban J connectivity index is 2.32. The number of ether oxygens (including phenoxy) is 2. The summed E-state index contributed by atoms with van der Waals surface area (Å²) in [6.07, 6.45) is 0.986. The average Bonchev–Trinajstić information content (AvgIpc) is 2.44. The summed E-state index contributed by atoms with van der Waals surface area (Å²) in [4.78, 5) is 11.7. The fourth-order valence-corrected chi connectivity index (χ4v) is 1.69. The lowest BCUT2D eigenvalue weighted by Crippen LogP contribution is -2.39. The summed E-state index contributed by atoms with van der Waals surface area (Å²) in [5.41, 5.74) is 0.892. The SMILES string of the molecule is CCCOc1ccc(NCC(=O)NC(C)COC)cc1. The van der Waals surface area contributed by atoms with Gasteiger partial charge in [0.1, 0.15) is 5.75 Å². The average molecular weight is 280 g/mol. The lowest BCUT2D eigenvalue weighted by molar-refractivity contribution is -0.120. The number of benzene rings is 1. The molecule has 0 saturated carbocycles. The number of carbonyl (C=O) groups is 1. The van der Waals surface area contributed by atoms with Crippen LogP contribution in [0.5, 0.6) is 5.75 Å². The van der Waals surface area contributed by atoms with Gasteiger partial charge in [0.15, 0.2) is 0 Å². The smallest absolute Gasteiger partial charge is 0.239 e. The van der Waals surface area contributed by atoms with Gasteiger partial charge in [0.2, 0.25) is 5.91 Å². The predicted octanol–water partition coefficient (Wildman–Crippen LogP) is 2.04. The van der Waals surface area contributed by atoms with Crippen LogP contribution in [0, 0.1) is 0 Å². The summed E-state index contributed by atoms with van der Waals surface area (Å²) in [6.45, 7) is 5.44. The molecular formula is C15H24N2O3. The summed E-state index contributed by atoms with van der Waals surface area (Å²) >= 11 is 0. The second-order valence-electron chi connectivity index (χ2n) is 4.65. The normalized spacial score (nSPS) is 11.8. The molecule has 0 bridgehead atoms. The molecule has 1 aromatic carbocycles. The molecule has 0 aliphatic carbocycles. The summed E-state index contributed by atoms with van der Waals surface area (Å²) in [6, 6.07) is 7.60. The van der Waals surface area contributed by atoms with Gasteiger partial charge in [-0.15, -0.1) is 0 Å². The van der Waals surface area contributed by atoms with Gasteiger partial charge in [-0.25, -0.2) is 0 Å². The molecular weight excluding hydrogens is 256 g/mol. The number of amides is 1. The highest BCUT2D eigenvalue weighted by Gasteiger charge is 2.06. The molecule has 5 nitrogen and oxygen atoms in total. The van der Waals surface area contributed by atoms with Crippen LogP contribution in [0.3, 0.4) is 0 Å². The summed E-state index contributed by atoms with van der Waals surface area (Å²) in [5.74, 6) is 0.788. The lowest BCUT2D eigenvalue weighted by Gasteiger charge is -2.13. The Morgan fingerprint density at radius 1 is 1.30 bits per heavy atom. The molecule has 0 aliphatic heterocycles. The molecule has 2 N–H and O–H groups in total. The van der Waals surface area contributed by atoms with Crippen LogP contribution in [0.2, 0.25) is 0 Å². The molecule has 0 fully saturated rings. The Morgan fingerprint density at radius 2 is 2.00 bits per heavy atom. The summed E-state index contributed by atoms with van der Waals surface area (Å²) < 4.78 is 10.5. The highest BCUT2D eigenvalue weighted by atomic mass is 16.5. The Morgan fingerprint density at radius 3 is 2.60 bits per heavy atom. The fraction of sp³-hybridized carbons (Fsp3) is 0.533. The molecule has 0 aromatic heterocycles. The van der Waals surface area contributed by atoms with Crippen molar-refractivity contribution in [1.82, 2.24) is 5.32 Å². The molecule has 0 saturated heterocycles. The highest BCUT2D eigenvalue weighted by molar-refractivity contribution is 5.80. The van der Waals surface area contributed by atoms with Crippen LogP contribution in [-0.4, -0.2) is 38.8 Å². The maximum Gasteiger partial charge on any atom is 0.239 e. The van der Waals surface area contributed by atoms with Gasteiger partial charge in [0, 0.05) is 18.8 Å². The van der Waals surface area contributed by atoms with Gasteiger partial charge >= 0.3 is 0 Å². The molecule has 1 amide bonds. The van der Waals surface area contributed by atoms with Crippen molar-refractivity contribution in [2.45, 2.75) is 26.3 Å². The minimum Gasteiger partial charge on any atom is -0.494 e. The number of nitrogens with one attached hydrogen (secondary N) is 2. The first-order valence-corrected chi connectivity index (χ1v) is 6.90. The van der Waals surface area contributed by atoms with Gasteiger partial charge in [-0.05, 0) is 37.6 Å². The van der Waals surface area contributed by atoms with E-state index in [1.165, 1.54) is 0 Å². The third-order valence-corrected chi connectivity index (χ3v) is 2.60. The van der Waals surface area contributed by atoms with Crippen molar-refractivity contribution in [3.05, 3.63) is 24.3 Å². The first-order chi connectivity index (χ1) is 9.65. The van der Waals surface area contributed by atoms with E-state index in [0.29, 0.717) is 13.2 Å². The van der Waals surface area contributed by atoms with Gasteiger partial charge in [0.05, 0.1) is 19.8 Å². The number of rotatable bonds is 9. The van der Waals surface area contributed by atoms with E-state index in [1.54, 1.807) is 7.11 Å². The zero-order chi connectivity index (χ0) is 14.8. The number of hydrogen-bond acceptors (Lipinski definition) is 4. The maximum absolute atomic E-state index is 11.7. The van der Waals surface area contributed by atoms with E-state index in [0.717, 1.165) is 17.9 Å². The van der Waals surface area contributed by atoms with E-state index in [1.807, 2.05) is 31.2 Å². The van der Waals surface area contributed by atoms with Crippen LogP contribution >= 0.6 is 0 Å². The number of methoxy groups -OCH3 is 1. The van der Waals surface area contributed by atoms with E-state index in [2.05, 4.69) is 17.6 Å². The quantitative estimate of drug-likeness (QED) is 0.727. The largest absolute Gasteiger partial charge is 0.494 e. The Hall–Kier alpha value is -1.75. The first kappa shape index (κ1) is 16.3. The zero-order valence-electron chi connectivity index (χ0n) is 12.4. The molecule has 0 aliphatic rings. The topological polar surface area (TPSA) is 59.6 Å². The molecule has 1 unspecified atom stereocenters. The Labute approximate surface area is 120 Å². The van der Waals surface area contributed by atoms with E-state index >= 15 is 0 Å². The first-order valence-electron chi connectivity index (χ1n) is 6.90. The van der Waals surface area contributed by atoms with Crippen LogP contribution in [0.25, 0.3) is 0 Å². The van der Waals surface area contributed by atoms with Crippen LogP contribution in [0.1, 0.15) is 20.3 Å². The second kappa shape index (κ2) is 9.20. The van der Waals surface area contributed by atoms with Crippen molar-refractivity contribution >= 4 is 11.6 Å². The van der Waals surface area contributed by atoms with E-state index in [9.17, 15) is 4.79 Å². The molecule has 1 atom stereocenters. The van der Waals surface area contributed by atoms with Crippen LogP contribution < -0.4 is 15.4 Å². The maximum atomic E-state index is 11.7. The Kier molecular flexibility index (Phi) is 7.50. The van der Waals surface area contributed by atoms with E-state index in [-0.39, 0.29) is 18.5 Å². The number of hydrogen-bond donors (Lipinski definition) is 2. The number of carbonyl (C=O) groups excluding carboxylic acids is 1. The van der Waals surface area contributed by atoms with Gasteiger partial charge in [-0.2, -0.15) is 0 Å². The summed E-state index contributed by atoms with van der Waals surface area (Å²) in [7, 11) is 1.61. The van der Waals surface area contributed by atoms with Crippen LogP contribution in [0.4, 0.5) is 5.69 Å². The minimum atomic E-state index is -0.0548. The molecule has 5 heteroatoms. The van der Waals surface area contributed by atoms with Gasteiger partial charge < -0.3 is 20.1 Å². The molecule has 112 valence electrons. The predicted molar refractivity (Wildman–Crippen MR) is 80.2 cm³/mol. The van der Waals surface area contributed by atoms with Gasteiger partial charge in [0.25, 0.3) is 0 Å². The third-order valence-electron chi connectivity index (χ3n) is 2.60. The zero-order valence-corrected chi connectivity index (χ0v) is 12.4. The van der Waals surface area contributed by atoms with Crippen molar-refractivity contribution in [2.24, 2.45) is 0 Å². The van der Waals surface area contributed by atoms with Crippen molar-refractivity contribution in [1.29, 1.82) is 0 Å². The number of anilines is 1. The van der Waals surface area contributed by atoms with Crippen molar-refractivity contribution in [3.8, 4) is 5.75 Å².